The highest BCUT2D eigenvalue weighted by molar-refractivity contribution is 5.76. The van der Waals surface area contributed by atoms with Crippen molar-refractivity contribution in [2.45, 2.75) is 32.1 Å². The van der Waals surface area contributed by atoms with Gasteiger partial charge in [0.2, 0.25) is 0 Å². The summed E-state index contributed by atoms with van der Waals surface area (Å²) in [5, 5.41) is 9.52. The van der Waals surface area contributed by atoms with Crippen LogP contribution < -0.4 is 5.73 Å². The Hall–Kier alpha value is -0.570. The lowest BCUT2D eigenvalue weighted by molar-refractivity contribution is -0.176. The minimum atomic E-state index is -0.572. The van der Waals surface area contributed by atoms with Gasteiger partial charge in [0.05, 0.1) is 5.41 Å². The minimum Gasteiger partial charge on any atom is -0.481 e. The highest BCUT2D eigenvalue weighted by atomic mass is 16.4. The molecule has 4 saturated carbocycles. The van der Waals surface area contributed by atoms with Gasteiger partial charge < -0.3 is 10.8 Å². The third kappa shape index (κ3) is 1.13. The van der Waals surface area contributed by atoms with E-state index in [2.05, 4.69) is 0 Å². The number of nitrogens with two attached hydrogens (primary N) is 1. The first-order valence-corrected chi connectivity index (χ1v) is 6.09. The second kappa shape index (κ2) is 2.97. The molecular weight excluding hydrogens is 190 g/mol. The van der Waals surface area contributed by atoms with Crippen LogP contribution in [0.25, 0.3) is 0 Å². The van der Waals surface area contributed by atoms with Gasteiger partial charge in [-0.25, -0.2) is 0 Å². The van der Waals surface area contributed by atoms with Crippen LogP contribution in [0.2, 0.25) is 0 Å². The third-order valence-corrected chi connectivity index (χ3v) is 5.20. The number of hydrogen-bond acceptors (Lipinski definition) is 2. The Morgan fingerprint density at radius 1 is 1.27 bits per heavy atom. The van der Waals surface area contributed by atoms with Crippen molar-refractivity contribution in [2.24, 2.45) is 34.8 Å². The molecule has 0 spiro atoms. The molecule has 4 fully saturated rings. The van der Waals surface area contributed by atoms with Crippen molar-refractivity contribution in [3.8, 4) is 0 Å². The molecule has 3 nitrogen and oxygen atoms in total. The van der Waals surface area contributed by atoms with Crippen molar-refractivity contribution < 1.29 is 9.90 Å². The molecule has 0 aromatic carbocycles. The molecular formula is C12H19NO2. The highest BCUT2D eigenvalue weighted by Crippen LogP contribution is 2.62. The maximum Gasteiger partial charge on any atom is 0.309 e. The molecule has 0 aromatic heterocycles. The number of rotatable bonds is 2. The van der Waals surface area contributed by atoms with Crippen molar-refractivity contribution in [3.05, 3.63) is 0 Å². The van der Waals surface area contributed by atoms with Crippen LogP contribution in [-0.2, 0) is 4.79 Å². The summed E-state index contributed by atoms with van der Waals surface area (Å²) < 4.78 is 0. The van der Waals surface area contributed by atoms with Gasteiger partial charge in [0.15, 0.2) is 0 Å². The van der Waals surface area contributed by atoms with Crippen molar-refractivity contribution in [1.29, 1.82) is 0 Å². The van der Waals surface area contributed by atoms with E-state index in [1.807, 2.05) is 0 Å². The average Bonchev–Trinajstić information content (AvgIpc) is 2.16. The van der Waals surface area contributed by atoms with Crippen LogP contribution in [0.15, 0.2) is 0 Å². The Labute approximate surface area is 90.0 Å². The summed E-state index contributed by atoms with van der Waals surface area (Å²) in [7, 11) is 0. The molecule has 4 bridgehead atoms. The van der Waals surface area contributed by atoms with Crippen molar-refractivity contribution >= 4 is 5.97 Å². The molecule has 3 atom stereocenters. The lowest BCUT2D eigenvalue weighted by atomic mass is 9.45. The standard InChI is InChI=1S/C12H19NO2/c13-6-10-9-2-7-1-8(3-9)5-12(10,4-7)11(14)15/h7-10H,1-6,13H2,(H,14,15). The molecule has 15 heavy (non-hydrogen) atoms. The maximum atomic E-state index is 11.6. The van der Waals surface area contributed by atoms with Crippen molar-refractivity contribution in [1.82, 2.24) is 0 Å². The lowest BCUT2D eigenvalue weighted by Crippen LogP contribution is -2.58. The summed E-state index contributed by atoms with van der Waals surface area (Å²) in [6, 6.07) is 0. The zero-order valence-corrected chi connectivity index (χ0v) is 8.98. The topological polar surface area (TPSA) is 63.3 Å². The molecule has 0 aliphatic heterocycles. The van der Waals surface area contributed by atoms with E-state index in [9.17, 15) is 9.90 Å². The first kappa shape index (κ1) is 9.64. The SMILES string of the molecule is NCC1C2CC3CC(C2)CC1(C(=O)O)C3. The van der Waals surface area contributed by atoms with Gasteiger partial charge in [-0.2, -0.15) is 0 Å². The summed E-state index contributed by atoms with van der Waals surface area (Å²) in [5.74, 6) is 1.65. The van der Waals surface area contributed by atoms with E-state index in [-0.39, 0.29) is 5.92 Å². The monoisotopic (exact) mass is 209 g/mol. The van der Waals surface area contributed by atoms with Gasteiger partial charge in [-0.15, -0.1) is 0 Å². The molecule has 0 saturated heterocycles. The van der Waals surface area contributed by atoms with E-state index >= 15 is 0 Å². The fourth-order valence-corrected chi connectivity index (χ4v) is 4.90. The Kier molecular flexibility index (Phi) is 1.91. The van der Waals surface area contributed by atoms with E-state index in [1.54, 1.807) is 0 Å². The molecule has 4 rings (SSSR count). The van der Waals surface area contributed by atoms with Gasteiger partial charge in [0.25, 0.3) is 0 Å². The van der Waals surface area contributed by atoms with Crippen molar-refractivity contribution in [2.75, 3.05) is 6.54 Å². The Morgan fingerprint density at radius 3 is 2.33 bits per heavy atom. The molecule has 0 radical (unpaired) electrons. The van der Waals surface area contributed by atoms with Gasteiger partial charge in [-0.05, 0) is 62.3 Å². The summed E-state index contributed by atoms with van der Waals surface area (Å²) >= 11 is 0. The molecule has 3 heteroatoms. The van der Waals surface area contributed by atoms with Gasteiger partial charge in [0.1, 0.15) is 0 Å². The van der Waals surface area contributed by atoms with Crippen LogP contribution >= 0.6 is 0 Å². The van der Waals surface area contributed by atoms with Crippen LogP contribution in [0, 0.1) is 29.1 Å². The average molecular weight is 209 g/mol. The third-order valence-electron chi connectivity index (χ3n) is 5.20. The molecule has 4 aliphatic rings. The number of carboxylic acid groups (broad SMARTS) is 1. The zero-order chi connectivity index (χ0) is 10.6. The predicted molar refractivity (Wildman–Crippen MR) is 56.2 cm³/mol. The Morgan fingerprint density at radius 2 is 1.87 bits per heavy atom. The second-order valence-electron chi connectivity index (χ2n) is 5.91. The van der Waals surface area contributed by atoms with E-state index < -0.39 is 11.4 Å². The first-order chi connectivity index (χ1) is 7.15. The molecule has 0 heterocycles. The van der Waals surface area contributed by atoms with E-state index in [0.717, 1.165) is 12.8 Å². The summed E-state index contributed by atoms with van der Waals surface area (Å²) in [4.78, 5) is 11.6. The van der Waals surface area contributed by atoms with Crippen LogP contribution in [0.5, 0.6) is 0 Å². The molecule has 3 N–H and O–H groups in total. The normalized spacial score (nSPS) is 52.1. The van der Waals surface area contributed by atoms with Crippen LogP contribution in [0.3, 0.4) is 0 Å². The predicted octanol–water partition coefficient (Wildman–Crippen LogP) is 1.47. The highest BCUT2D eigenvalue weighted by Gasteiger charge is 2.60. The van der Waals surface area contributed by atoms with E-state index in [0.29, 0.717) is 24.3 Å². The smallest absolute Gasteiger partial charge is 0.309 e. The fourth-order valence-electron chi connectivity index (χ4n) is 4.90. The Balaban J connectivity index is 2.00. The fraction of sp³-hybridized carbons (Fsp3) is 0.917. The maximum absolute atomic E-state index is 11.6. The quantitative estimate of drug-likeness (QED) is 0.724. The molecule has 0 aromatic rings. The molecule has 0 amide bonds. The van der Waals surface area contributed by atoms with Crippen LogP contribution in [-0.4, -0.2) is 17.6 Å². The van der Waals surface area contributed by atoms with Crippen molar-refractivity contribution in [3.63, 3.8) is 0 Å². The largest absolute Gasteiger partial charge is 0.481 e. The molecule has 4 aliphatic carbocycles. The van der Waals surface area contributed by atoms with Crippen LogP contribution in [0.4, 0.5) is 0 Å². The van der Waals surface area contributed by atoms with Crippen LogP contribution in [0.1, 0.15) is 32.1 Å². The van der Waals surface area contributed by atoms with Gasteiger partial charge in [-0.1, -0.05) is 0 Å². The second-order valence-corrected chi connectivity index (χ2v) is 5.91. The number of hydrogen-bond donors (Lipinski definition) is 2. The van der Waals surface area contributed by atoms with Gasteiger partial charge >= 0.3 is 5.97 Å². The molecule has 3 unspecified atom stereocenters. The number of carbonyl (C=O) groups is 1. The zero-order valence-electron chi connectivity index (χ0n) is 8.98. The Bertz CT molecular complexity index is 288. The van der Waals surface area contributed by atoms with E-state index in [1.165, 1.54) is 19.3 Å². The summed E-state index contributed by atoms with van der Waals surface area (Å²) in [6.45, 7) is 0.566. The van der Waals surface area contributed by atoms with Gasteiger partial charge in [-0.3, -0.25) is 4.79 Å². The van der Waals surface area contributed by atoms with E-state index in [4.69, 9.17) is 5.73 Å². The minimum absolute atomic E-state index is 0.253. The summed E-state index contributed by atoms with van der Waals surface area (Å²) in [5.41, 5.74) is 5.37. The lowest BCUT2D eigenvalue weighted by Gasteiger charge is -2.59. The number of aliphatic carboxylic acids is 1. The summed E-state index contributed by atoms with van der Waals surface area (Å²) in [6.07, 6.45) is 5.57. The molecule has 84 valence electrons. The first-order valence-electron chi connectivity index (χ1n) is 6.09. The van der Waals surface area contributed by atoms with Gasteiger partial charge in [0, 0.05) is 0 Å². The number of carboxylic acids is 1.